The highest BCUT2D eigenvalue weighted by molar-refractivity contribution is 6.00. The van der Waals surface area contributed by atoms with E-state index in [0.29, 0.717) is 12.0 Å². The second-order valence-electron chi connectivity index (χ2n) is 7.24. The fraction of sp³-hybridized carbons (Fsp3) is 0.167. The molecule has 1 heterocycles. The van der Waals surface area contributed by atoms with E-state index in [1.807, 2.05) is 36.4 Å². The Bertz CT molecular complexity index is 1120. The van der Waals surface area contributed by atoms with Gasteiger partial charge in [-0.15, -0.1) is 0 Å². The van der Waals surface area contributed by atoms with Gasteiger partial charge in [0.1, 0.15) is 23.5 Å². The van der Waals surface area contributed by atoms with E-state index in [1.54, 1.807) is 13.0 Å². The van der Waals surface area contributed by atoms with Gasteiger partial charge in [0.2, 0.25) is 0 Å². The van der Waals surface area contributed by atoms with Crippen molar-refractivity contribution >= 4 is 11.7 Å². The third-order valence-electron chi connectivity index (χ3n) is 5.03. The van der Waals surface area contributed by atoms with Gasteiger partial charge in [0.25, 0.3) is 5.91 Å². The lowest BCUT2D eigenvalue weighted by molar-refractivity contribution is 0.0932. The molecule has 4 nitrogen and oxygen atoms in total. The van der Waals surface area contributed by atoms with Gasteiger partial charge in [-0.25, -0.2) is 8.78 Å². The molecule has 0 saturated carbocycles. The first-order valence-corrected chi connectivity index (χ1v) is 9.55. The maximum atomic E-state index is 13.3. The van der Waals surface area contributed by atoms with Gasteiger partial charge in [0.05, 0.1) is 6.54 Å². The number of carbonyl (C=O) groups is 2. The molecule has 152 valence electrons. The molecule has 30 heavy (non-hydrogen) atoms. The summed E-state index contributed by atoms with van der Waals surface area (Å²) in [6.45, 7) is 1.74. The third-order valence-corrected chi connectivity index (χ3v) is 5.03. The lowest BCUT2D eigenvalue weighted by Gasteiger charge is -2.12. The Hall–Kier alpha value is -3.54. The summed E-state index contributed by atoms with van der Waals surface area (Å²) < 4.78 is 32.5. The summed E-state index contributed by atoms with van der Waals surface area (Å²) in [5.74, 6) is -1.46. The Morgan fingerprint density at radius 1 is 1.03 bits per heavy atom. The van der Waals surface area contributed by atoms with Gasteiger partial charge in [-0.05, 0) is 47.9 Å². The van der Waals surface area contributed by atoms with Crippen LogP contribution < -0.4 is 10.1 Å². The van der Waals surface area contributed by atoms with Gasteiger partial charge in [-0.1, -0.05) is 30.3 Å². The highest BCUT2D eigenvalue weighted by Crippen LogP contribution is 2.34. The zero-order chi connectivity index (χ0) is 21.3. The van der Waals surface area contributed by atoms with Gasteiger partial charge in [0.15, 0.2) is 5.78 Å². The molecule has 3 aromatic carbocycles. The first kappa shape index (κ1) is 19.8. The minimum absolute atomic E-state index is 0.00303. The number of fused-ring (bicyclic) bond motifs is 1. The standard InChI is InChI=1S/C24H19F2NO3/c1-14(28)21-4-2-3-5-22(21)15-6-7-23-16(8-15)11-20(30-23)13-27-24(29)17-9-18(25)12-19(26)10-17/h2-10,12,20H,11,13H2,1H3,(H,27,29)/t20-/m0/s1. The second-order valence-corrected chi connectivity index (χ2v) is 7.24. The van der Waals surface area contributed by atoms with Gasteiger partial charge in [-0.3, -0.25) is 9.59 Å². The highest BCUT2D eigenvalue weighted by atomic mass is 19.1. The maximum Gasteiger partial charge on any atom is 0.251 e. The van der Waals surface area contributed by atoms with Crippen molar-refractivity contribution in [3.05, 3.63) is 89.0 Å². The average molecular weight is 407 g/mol. The predicted octanol–water partition coefficient (Wildman–Crippen LogP) is 4.57. The van der Waals surface area contributed by atoms with E-state index in [-0.39, 0.29) is 24.0 Å². The first-order valence-electron chi connectivity index (χ1n) is 9.55. The molecular weight excluding hydrogens is 388 g/mol. The number of carbonyl (C=O) groups excluding carboxylic acids is 2. The minimum atomic E-state index is -0.803. The van der Waals surface area contributed by atoms with E-state index in [9.17, 15) is 18.4 Å². The van der Waals surface area contributed by atoms with E-state index in [1.165, 1.54) is 0 Å². The molecule has 0 radical (unpaired) electrons. The Kier molecular flexibility index (Phi) is 5.31. The lowest BCUT2D eigenvalue weighted by atomic mass is 9.95. The van der Waals surface area contributed by atoms with Crippen molar-refractivity contribution in [2.24, 2.45) is 0 Å². The molecule has 6 heteroatoms. The topological polar surface area (TPSA) is 55.4 Å². The van der Waals surface area contributed by atoms with Crippen molar-refractivity contribution in [2.75, 3.05) is 6.54 Å². The van der Waals surface area contributed by atoms with Crippen molar-refractivity contribution < 1.29 is 23.1 Å². The number of hydrogen-bond donors (Lipinski definition) is 1. The van der Waals surface area contributed by atoms with Gasteiger partial charge >= 0.3 is 0 Å². The maximum absolute atomic E-state index is 13.3. The van der Waals surface area contributed by atoms with Crippen LogP contribution in [0.2, 0.25) is 0 Å². The molecular formula is C24H19F2NO3. The summed E-state index contributed by atoms with van der Waals surface area (Å²) >= 11 is 0. The molecule has 0 spiro atoms. The molecule has 0 saturated heterocycles. The van der Waals surface area contributed by atoms with Crippen LogP contribution >= 0.6 is 0 Å². The molecule has 3 aromatic rings. The zero-order valence-corrected chi connectivity index (χ0v) is 16.2. The monoisotopic (exact) mass is 407 g/mol. The number of hydrogen-bond acceptors (Lipinski definition) is 3. The number of amides is 1. The number of nitrogens with one attached hydrogen (secondary N) is 1. The SMILES string of the molecule is CC(=O)c1ccccc1-c1ccc2c(c1)C[C@@H](CNC(=O)c1cc(F)cc(F)c1)O2. The van der Waals surface area contributed by atoms with Crippen molar-refractivity contribution in [1.82, 2.24) is 5.32 Å². The fourth-order valence-corrected chi connectivity index (χ4v) is 3.64. The van der Waals surface area contributed by atoms with E-state index in [4.69, 9.17) is 4.74 Å². The number of rotatable bonds is 5. The van der Waals surface area contributed by atoms with Crippen LogP contribution in [0.5, 0.6) is 5.75 Å². The molecule has 0 fully saturated rings. The number of ether oxygens (including phenoxy) is 1. The smallest absolute Gasteiger partial charge is 0.251 e. The summed E-state index contributed by atoms with van der Waals surface area (Å²) in [6, 6.07) is 15.9. The fourth-order valence-electron chi connectivity index (χ4n) is 3.64. The second kappa shape index (κ2) is 8.06. The van der Waals surface area contributed by atoms with Crippen molar-refractivity contribution in [3.8, 4) is 16.9 Å². The van der Waals surface area contributed by atoms with Crippen LogP contribution in [0.15, 0.2) is 60.7 Å². The Labute approximate surface area is 172 Å². The van der Waals surface area contributed by atoms with Crippen LogP contribution in [0.4, 0.5) is 8.78 Å². The van der Waals surface area contributed by atoms with Crippen molar-refractivity contribution in [1.29, 1.82) is 0 Å². The predicted molar refractivity (Wildman–Crippen MR) is 109 cm³/mol. The molecule has 4 rings (SSSR count). The average Bonchev–Trinajstić information content (AvgIpc) is 3.13. The number of Topliss-reactive ketones (excluding diaryl/α,β-unsaturated/α-hetero) is 1. The molecule has 0 bridgehead atoms. The normalized spacial score (nSPS) is 14.7. The van der Waals surface area contributed by atoms with Gasteiger partial charge in [-0.2, -0.15) is 0 Å². The zero-order valence-electron chi connectivity index (χ0n) is 16.2. The van der Waals surface area contributed by atoms with E-state index < -0.39 is 17.5 Å². The van der Waals surface area contributed by atoms with Crippen molar-refractivity contribution in [2.45, 2.75) is 19.4 Å². The summed E-state index contributed by atoms with van der Waals surface area (Å²) in [7, 11) is 0. The summed E-state index contributed by atoms with van der Waals surface area (Å²) in [5.41, 5.74) is 3.33. The molecule has 0 aliphatic carbocycles. The Balaban J connectivity index is 1.45. The van der Waals surface area contributed by atoms with E-state index in [0.717, 1.165) is 40.6 Å². The molecule has 1 atom stereocenters. The summed E-state index contributed by atoms with van der Waals surface area (Å²) in [5, 5.41) is 2.66. The largest absolute Gasteiger partial charge is 0.488 e. The number of halogens is 2. The minimum Gasteiger partial charge on any atom is -0.488 e. The third kappa shape index (κ3) is 4.08. The molecule has 1 amide bonds. The number of ketones is 1. The van der Waals surface area contributed by atoms with Crippen LogP contribution in [-0.2, 0) is 6.42 Å². The summed E-state index contributed by atoms with van der Waals surface area (Å²) in [4.78, 5) is 24.1. The van der Waals surface area contributed by atoms with Crippen LogP contribution in [-0.4, -0.2) is 24.3 Å². The van der Waals surface area contributed by atoms with Crippen molar-refractivity contribution in [3.63, 3.8) is 0 Å². The molecule has 0 unspecified atom stereocenters. The van der Waals surface area contributed by atoms with E-state index >= 15 is 0 Å². The van der Waals surface area contributed by atoms with Crippen LogP contribution in [0, 0.1) is 11.6 Å². The molecule has 1 aliphatic heterocycles. The van der Waals surface area contributed by atoms with Gasteiger partial charge in [0, 0.05) is 23.6 Å². The van der Waals surface area contributed by atoms with Gasteiger partial charge < -0.3 is 10.1 Å². The van der Waals surface area contributed by atoms with Crippen LogP contribution in [0.3, 0.4) is 0 Å². The van der Waals surface area contributed by atoms with Crippen LogP contribution in [0.1, 0.15) is 33.2 Å². The lowest BCUT2D eigenvalue weighted by Crippen LogP contribution is -2.34. The van der Waals surface area contributed by atoms with Crippen LogP contribution in [0.25, 0.3) is 11.1 Å². The quantitative estimate of drug-likeness (QED) is 0.631. The van der Waals surface area contributed by atoms with E-state index in [2.05, 4.69) is 5.32 Å². The molecule has 1 aliphatic rings. The Morgan fingerprint density at radius 2 is 1.77 bits per heavy atom. The highest BCUT2D eigenvalue weighted by Gasteiger charge is 2.24. The summed E-state index contributed by atoms with van der Waals surface area (Å²) in [6.07, 6.45) is 0.282. The molecule has 0 aromatic heterocycles. The Morgan fingerprint density at radius 3 is 2.50 bits per heavy atom. The number of benzene rings is 3. The molecule has 1 N–H and O–H groups in total. The first-order chi connectivity index (χ1) is 14.4.